The van der Waals surface area contributed by atoms with Crippen LogP contribution < -0.4 is 10.5 Å². The van der Waals surface area contributed by atoms with E-state index in [1.54, 1.807) is 6.07 Å². The van der Waals surface area contributed by atoms with E-state index in [1.165, 1.54) is 0 Å². The van der Waals surface area contributed by atoms with Crippen molar-refractivity contribution >= 4 is 5.82 Å². The monoisotopic (exact) mass is 216 g/mol. The Bertz CT molecular complexity index is 503. The Morgan fingerprint density at radius 1 is 1.31 bits per heavy atom. The molecule has 1 aliphatic rings. The lowest BCUT2D eigenvalue weighted by Crippen LogP contribution is -1.97. The minimum Gasteiger partial charge on any atom is -0.490 e. The fourth-order valence-corrected chi connectivity index (χ4v) is 1.55. The van der Waals surface area contributed by atoms with E-state index < -0.39 is 0 Å². The third-order valence-electron chi connectivity index (χ3n) is 2.50. The molecule has 3 rings (SSSR count). The second-order valence-electron chi connectivity index (χ2n) is 3.93. The van der Waals surface area contributed by atoms with Gasteiger partial charge in [0.05, 0.1) is 11.7 Å². The van der Waals surface area contributed by atoms with Gasteiger partial charge in [0, 0.05) is 6.07 Å². The number of nitrogen functional groups attached to an aromatic ring is 1. The summed E-state index contributed by atoms with van der Waals surface area (Å²) in [7, 11) is 0. The van der Waals surface area contributed by atoms with Gasteiger partial charge in [-0.2, -0.15) is 0 Å². The average Bonchev–Trinajstić information content (AvgIpc) is 3.00. The van der Waals surface area contributed by atoms with Crippen molar-refractivity contribution in [3.05, 3.63) is 30.3 Å². The molecule has 0 atom stereocenters. The van der Waals surface area contributed by atoms with Crippen molar-refractivity contribution in [3.8, 4) is 17.1 Å². The Balaban J connectivity index is 1.98. The summed E-state index contributed by atoms with van der Waals surface area (Å²) in [6, 6.07) is 9.47. The molecule has 0 aliphatic heterocycles. The van der Waals surface area contributed by atoms with Crippen LogP contribution in [0, 0.1) is 0 Å². The van der Waals surface area contributed by atoms with Crippen molar-refractivity contribution in [3.63, 3.8) is 0 Å². The van der Waals surface area contributed by atoms with Crippen molar-refractivity contribution in [1.29, 1.82) is 0 Å². The SMILES string of the molecule is Nc1cc(-c2ccccc2OC2CC2)on1. The molecule has 82 valence electrons. The smallest absolute Gasteiger partial charge is 0.172 e. The lowest BCUT2D eigenvalue weighted by Gasteiger charge is -2.07. The van der Waals surface area contributed by atoms with Gasteiger partial charge in [-0.25, -0.2) is 0 Å². The van der Waals surface area contributed by atoms with Gasteiger partial charge >= 0.3 is 0 Å². The number of nitrogens with two attached hydrogens (primary N) is 1. The molecule has 4 heteroatoms. The van der Waals surface area contributed by atoms with Crippen LogP contribution in [0.3, 0.4) is 0 Å². The van der Waals surface area contributed by atoms with Gasteiger partial charge in [-0.1, -0.05) is 17.3 Å². The summed E-state index contributed by atoms with van der Waals surface area (Å²) in [4.78, 5) is 0. The molecular formula is C12H12N2O2. The van der Waals surface area contributed by atoms with E-state index in [0.29, 0.717) is 17.7 Å². The highest BCUT2D eigenvalue weighted by Gasteiger charge is 2.25. The van der Waals surface area contributed by atoms with Crippen LogP contribution in [0.15, 0.2) is 34.9 Å². The van der Waals surface area contributed by atoms with Crippen molar-refractivity contribution in [1.82, 2.24) is 5.16 Å². The summed E-state index contributed by atoms with van der Waals surface area (Å²) in [5.74, 6) is 1.87. The van der Waals surface area contributed by atoms with E-state index in [4.69, 9.17) is 15.0 Å². The molecule has 2 aromatic rings. The molecule has 0 saturated heterocycles. The lowest BCUT2D eigenvalue weighted by molar-refractivity contribution is 0.303. The highest BCUT2D eigenvalue weighted by molar-refractivity contribution is 5.67. The topological polar surface area (TPSA) is 61.3 Å². The summed E-state index contributed by atoms with van der Waals surface area (Å²) in [6.45, 7) is 0. The van der Waals surface area contributed by atoms with Crippen LogP contribution in [-0.4, -0.2) is 11.3 Å². The zero-order valence-corrected chi connectivity index (χ0v) is 8.72. The van der Waals surface area contributed by atoms with Gasteiger partial charge < -0.3 is 15.0 Å². The summed E-state index contributed by atoms with van der Waals surface area (Å²) in [5, 5.41) is 3.68. The first-order valence-electron chi connectivity index (χ1n) is 5.31. The van der Waals surface area contributed by atoms with Crippen LogP contribution >= 0.6 is 0 Å². The molecular weight excluding hydrogens is 204 g/mol. The number of para-hydroxylation sites is 1. The number of hydrogen-bond donors (Lipinski definition) is 1. The molecule has 0 unspecified atom stereocenters. The number of benzene rings is 1. The molecule has 16 heavy (non-hydrogen) atoms. The molecule has 1 saturated carbocycles. The lowest BCUT2D eigenvalue weighted by atomic mass is 10.1. The van der Waals surface area contributed by atoms with Crippen molar-refractivity contribution in [2.45, 2.75) is 18.9 Å². The molecule has 2 N–H and O–H groups in total. The van der Waals surface area contributed by atoms with Crippen LogP contribution in [0.1, 0.15) is 12.8 Å². The van der Waals surface area contributed by atoms with Crippen LogP contribution in [0.5, 0.6) is 5.75 Å². The third-order valence-corrected chi connectivity index (χ3v) is 2.50. The molecule has 1 aliphatic carbocycles. The quantitative estimate of drug-likeness (QED) is 0.856. The van der Waals surface area contributed by atoms with Gasteiger partial charge in [0.25, 0.3) is 0 Å². The average molecular weight is 216 g/mol. The van der Waals surface area contributed by atoms with Gasteiger partial charge in [-0.05, 0) is 25.0 Å². The molecule has 0 spiro atoms. The number of rotatable bonds is 3. The van der Waals surface area contributed by atoms with Gasteiger partial charge in [-0.3, -0.25) is 0 Å². The zero-order chi connectivity index (χ0) is 11.0. The maximum atomic E-state index is 5.79. The largest absolute Gasteiger partial charge is 0.490 e. The van der Waals surface area contributed by atoms with E-state index in [9.17, 15) is 0 Å². The predicted octanol–water partition coefficient (Wildman–Crippen LogP) is 2.47. The zero-order valence-electron chi connectivity index (χ0n) is 8.72. The maximum absolute atomic E-state index is 5.79. The minimum absolute atomic E-state index is 0.362. The highest BCUT2D eigenvalue weighted by atomic mass is 16.5. The standard InChI is InChI=1S/C12H12N2O2/c13-12-7-11(16-14-12)9-3-1-2-4-10(9)15-8-5-6-8/h1-4,7-8H,5-6H2,(H2,13,14). The molecule has 4 nitrogen and oxygen atoms in total. The second kappa shape index (κ2) is 3.56. The Kier molecular flexibility index (Phi) is 2.06. The first kappa shape index (κ1) is 9.27. The fraction of sp³-hybridized carbons (Fsp3) is 0.250. The molecule has 0 radical (unpaired) electrons. The number of nitrogens with zero attached hydrogens (tertiary/aromatic N) is 1. The minimum atomic E-state index is 0.362. The van der Waals surface area contributed by atoms with Crippen LogP contribution in [-0.2, 0) is 0 Å². The van der Waals surface area contributed by atoms with Crippen LogP contribution in [0.4, 0.5) is 5.82 Å². The number of anilines is 1. The molecule has 0 bridgehead atoms. The summed E-state index contributed by atoms with van der Waals surface area (Å²) >= 11 is 0. The van der Waals surface area contributed by atoms with E-state index in [1.807, 2.05) is 24.3 Å². The first-order chi connectivity index (χ1) is 7.83. The molecule has 1 aromatic carbocycles. The molecule has 1 heterocycles. The summed E-state index contributed by atoms with van der Waals surface area (Å²) < 4.78 is 10.9. The Morgan fingerprint density at radius 2 is 2.12 bits per heavy atom. The van der Waals surface area contributed by atoms with Gasteiger partial charge in [0.2, 0.25) is 0 Å². The number of aromatic nitrogens is 1. The van der Waals surface area contributed by atoms with Gasteiger partial charge in [-0.15, -0.1) is 0 Å². The molecule has 1 aromatic heterocycles. The number of ether oxygens (including phenoxy) is 1. The van der Waals surface area contributed by atoms with Crippen molar-refractivity contribution in [2.24, 2.45) is 0 Å². The van der Waals surface area contributed by atoms with E-state index >= 15 is 0 Å². The van der Waals surface area contributed by atoms with Crippen molar-refractivity contribution in [2.75, 3.05) is 5.73 Å². The number of hydrogen-bond acceptors (Lipinski definition) is 4. The predicted molar refractivity (Wildman–Crippen MR) is 60.0 cm³/mol. The van der Waals surface area contributed by atoms with Crippen LogP contribution in [0.25, 0.3) is 11.3 Å². The highest BCUT2D eigenvalue weighted by Crippen LogP contribution is 2.35. The summed E-state index contributed by atoms with van der Waals surface area (Å²) in [5.41, 5.74) is 6.44. The normalized spacial score (nSPS) is 15.0. The Morgan fingerprint density at radius 3 is 2.81 bits per heavy atom. The van der Waals surface area contributed by atoms with Crippen LogP contribution in [0.2, 0.25) is 0 Å². The first-order valence-corrected chi connectivity index (χ1v) is 5.31. The summed E-state index contributed by atoms with van der Waals surface area (Å²) in [6.07, 6.45) is 2.63. The van der Waals surface area contributed by atoms with E-state index in [0.717, 1.165) is 24.2 Å². The molecule has 0 amide bonds. The van der Waals surface area contributed by atoms with E-state index in [-0.39, 0.29) is 0 Å². The molecule has 1 fully saturated rings. The second-order valence-corrected chi connectivity index (χ2v) is 3.93. The fourth-order valence-electron chi connectivity index (χ4n) is 1.55. The van der Waals surface area contributed by atoms with Gasteiger partial charge in [0.15, 0.2) is 11.6 Å². The third kappa shape index (κ3) is 1.74. The Hall–Kier alpha value is -1.97. The van der Waals surface area contributed by atoms with Gasteiger partial charge in [0.1, 0.15) is 5.75 Å². The maximum Gasteiger partial charge on any atom is 0.172 e. The Labute approximate surface area is 93.0 Å². The van der Waals surface area contributed by atoms with E-state index in [2.05, 4.69) is 5.16 Å². The van der Waals surface area contributed by atoms with Crippen molar-refractivity contribution < 1.29 is 9.26 Å².